The fourth-order valence-corrected chi connectivity index (χ4v) is 3.39. The second kappa shape index (κ2) is 6.75. The zero-order valence-corrected chi connectivity index (χ0v) is 15.1. The zero-order chi connectivity index (χ0) is 18.1. The Kier molecular flexibility index (Phi) is 4.29. The van der Waals surface area contributed by atoms with E-state index in [4.69, 9.17) is 9.97 Å². The molecular weight excluding hydrogens is 324 g/mol. The Labute approximate surface area is 153 Å². The Balaban J connectivity index is 1.65. The lowest BCUT2D eigenvalue weighted by atomic mass is 9.97. The van der Waals surface area contributed by atoms with Crippen molar-refractivity contribution in [2.45, 2.75) is 19.3 Å². The first-order chi connectivity index (χ1) is 12.6. The first-order valence-corrected chi connectivity index (χ1v) is 8.96. The molecule has 5 nitrogen and oxygen atoms in total. The van der Waals surface area contributed by atoms with Crippen LogP contribution in [0.1, 0.15) is 24.8 Å². The Hall–Kier alpha value is -2.95. The molecule has 3 aromatic rings. The number of hydrogen-bond donors (Lipinski definition) is 0. The lowest BCUT2D eigenvalue weighted by Crippen LogP contribution is -2.44. The van der Waals surface area contributed by atoms with E-state index in [2.05, 4.69) is 24.0 Å². The molecule has 2 heterocycles. The fraction of sp³-hybridized carbons (Fsp3) is 0.286. The van der Waals surface area contributed by atoms with Gasteiger partial charge in [0.15, 0.2) is 11.6 Å². The molecule has 2 aromatic carbocycles. The van der Waals surface area contributed by atoms with E-state index in [0.29, 0.717) is 18.8 Å². The van der Waals surface area contributed by atoms with Gasteiger partial charge >= 0.3 is 0 Å². The average molecular weight is 346 g/mol. The molecule has 1 aliphatic heterocycles. The van der Waals surface area contributed by atoms with Crippen LogP contribution in [0.4, 0.5) is 11.6 Å². The second-order valence-electron chi connectivity index (χ2n) is 6.84. The molecule has 1 atom stereocenters. The van der Waals surface area contributed by atoms with E-state index < -0.39 is 0 Å². The standard InChI is InChI=1S/C21H22N4O/c1-15(16-8-4-3-5-9-16)14-19(26)25-13-12-24(2)20-21(25)23-18-11-7-6-10-17(18)22-20/h3-11,15H,12-14H2,1-2H3. The topological polar surface area (TPSA) is 49.3 Å². The highest BCUT2D eigenvalue weighted by atomic mass is 16.2. The van der Waals surface area contributed by atoms with Crippen molar-refractivity contribution < 1.29 is 4.79 Å². The molecule has 0 spiro atoms. The van der Waals surface area contributed by atoms with Crippen molar-refractivity contribution in [1.82, 2.24) is 9.97 Å². The molecule has 0 saturated heterocycles. The number of nitrogens with zero attached hydrogens (tertiary/aromatic N) is 4. The summed E-state index contributed by atoms with van der Waals surface area (Å²) in [5.74, 6) is 1.71. The predicted octanol–water partition coefficient (Wildman–Crippen LogP) is 3.61. The average Bonchev–Trinajstić information content (AvgIpc) is 2.67. The number of aromatic nitrogens is 2. The number of fused-ring (bicyclic) bond motifs is 2. The Morgan fingerprint density at radius 1 is 0.962 bits per heavy atom. The van der Waals surface area contributed by atoms with Crippen molar-refractivity contribution in [2.75, 3.05) is 29.9 Å². The number of carbonyl (C=O) groups excluding carboxylic acids is 1. The third-order valence-corrected chi connectivity index (χ3v) is 4.96. The van der Waals surface area contributed by atoms with Crippen LogP contribution in [0, 0.1) is 0 Å². The highest BCUT2D eigenvalue weighted by Crippen LogP contribution is 2.32. The molecule has 0 aliphatic carbocycles. The number of carbonyl (C=O) groups is 1. The molecule has 26 heavy (non-hydrogen) atoms. The van der Waals surface area contributed by atoms with Crippen molar-refractivity contribution >= 4 is 28.6 Å². The molecule has 0 saturated carbocycles. The van der Waals surface area contributed by atoms with Gasteiger partial charge in [0.05, 0.1) is 11.0 Å². The Morgan fingerprint density at radius 3 is 2.27 bits per heavy atom. The number of rotatable bonds is 3. The van der Waals surface area contributed by atoms with Crippen LogP contribution in [0.5, 0.6) is 0 Å². The minimum atomic E-state index is 0.0975. The van der Waals surface area contributed by atoms with Gasteiger partial charge < -0.3 is 4.90 Å². The van der Waals surface area contributed by atoms with Gasteiger partial charge in [0.2, 0.25) is 5.91 Å². The molecule has 0 N–H and O–H groups in total. The van der Waals surface area contributed by atoms with Gasteiger partial charge in [-0.2, -0.15) is 0 Å². The van der Waals surface area contributed by atoms with Gasteiger partial charge in [-0.3, -0.25) is 9.69 Å². The second-order valence-corrected chi connectivity index (χ2v) is 6.84. The van der Waals surface area contributed by atoms with Crippen LogP contribution in [0.25, 0.3) is 11.0 Å². The number of benzene rings is 2. The maximum Gasteiger partial charge on any atom is 0.228 e. The third-order valence-electron chi connectivity index (χ3n) is 4.96. The highest BCUT2D eigenvalue weighted by molar-refractivity contribution is 5.97. The van der Waals surface area contributed by atoms with Crippen LogP contribution >= 0.6 is 0 Å². The lowest BCUT2D eigenvalue weighted by molar-refractivity contribution is -0.119. The normalized spacial score (nSPS) is 15.0. The van der Waals surface area contributed by atoms with E-state index in [1.807, 2.05) is 49.5 Å². The van der Waals surface area contributed by atoms with Crippen molar-refractivity contribution in [3.63, 3.8) is 0 Å². The van der Waals surface area contributed by atoms with Crippen molar-refractivity contribution in [3.8, 4) is 0 Å². The zero-order valence-electron chi connectivity index (χ0n) is 15.1. The Morgan fingerprint density at radius 2 is 1.58 bits per heavy atom. The monoisotopic (exact) mass is 346 g/mol. The molecule has 1 amide bonds. The van der Waals surface area contributed by atoms with Crippen LogP contribution in [0.3, 0.4) is 0 Å². The molecule has 0 fully saturated rings. The molecule has 5 heteroatoms. The molecule has 1 aromatic heterocycles. The number of anilines is 2. The van der Waals surface area contributed by atoms with Crippen molar-refractivity contribution in [3.05, 3.63) is 60.2 Å². The third kappa shape index (κ3) is 3.01. The van der Waals surface area contributed by atoms with E-state index in [-0.39, 0.29) is 11.8 Å². The summed E-state index contributed by atoms with van der Waals surface area (Å²) < 4.78 is 0. The van der Waals surface area contributed by atoms with Crippen molar-refractivity contribution in [2.24, 2.45) is 0 Å². The van der Waals surface area contributed by atoms with E-state index in [0.717, 1.165) is 23.4 Å². The first kappa shape index (κ1) is 16.5. The number of para-hydroxylation sites is 2. The Bertz CT molecular complexity index is 941. The van der Waals surface area contributed by atoms with Crippen LogP contribution in [-0.2, 0) is 4.79 Å². The summed E-state index contributed by atoms with van der Waals surface area (Å²) in [6.45, 7) is 3.48. The minimum absolute atomic E-state index is 0.0975. The van der Waals surface area contributed by atoms with Gasteiger partial charge in [-0.15, -0.1) is 0 Å². The molecule has 0 bridgehead atoms. The largest absolute Gasteiger partial charge is 0.355 e. The van der Waals surface area contributed by atoms with Crippen LogP contribution in [0.15, 0.2) is 54.6 Å². The minimum Gasteiger partial charge on any atom is -0.355 e. The summed E-state index contributed by atoms with van der Waals surface area (Å²) in [4.78, 5) is 26.4. The summed E-state index contributed by atoms with van der Waals surface area (Å²) in [6, 6.07) is 18.0. The van der Waals surface area contributed by atoms with E-state index in [1.54, 1.807) is 4.90 Å². The maximum absolute atomic E-state index is 13.0. The summed E-state index contributed by atoms with van der Waals surface area (Å²) in [5.41, 5.74) is 2.85. The summed E-state index contributed by atoms with van der Waals surface area (Å²) in [7, 11) is 2.00. The first-order valence-electron chi connectivity index (χ1n) is 8.96. The molecule has 4 rings (SSSR count). The number of amides is 1. The highest BCUT2D eigenvalue weighted by Gasteiger charge is 2.29. The maximum atomic E-state index is 13.0. The summed E-state index contributed by atoms with van der Waals surface area (Å²) >= 11 is 0. The molecule has 1 aliphatic rings. The van der Waals surface area contributed by atoms with Gasteiger partial charge in [0.25, 0.3) is 0 Å². The summed E-state index contributed by atoms with van der Waals surface area (Å²) in [6.07, 6.45) is 0.460. The van der Waals surface area contributed by atoms with E-state index in [1.165, 1.54) is 5.56 Å². The van der Waals surface area contributed by atoms with E-state index >= 15 is 0 Å². The molecule has 0 radical (unpaired) electrons. The lowest BCUT2D eigenvalue weighted by Gasteiger charge is -2.34. The van der Waals surface area contributed by atoms with Crippen LogP contribution in [-0.4, -0.2) is 36.0 Å². The van der Waals surface area contributed by atoms with Crippen LogP contribution < -0.4 is 9.80 Å². The predicted molar refractivity (Wildman–Crippen MR) is 105 cm³/mol. The van der Waals surface area contributed by atoms with Gasteiger partial charge in [0.1, 0.15) is 0 Å². The molecular formula is C21H22N4O. The fourth-order valence-electron chi connectivity index (χ4n) is 3.39. The van der Waals surface area contributed by atoms with Gasteiger partial charge in [-0.05, 0) is 23.6 Å². The van der Waals surface area contributed by atoms with E-state index in [9.17, 15) is 4.79 Å². The van der Waals surface area contributed by atoms with Crippen LogP contribution in [0.2, 0.25) is 0 Å². The SMILES string of the molecule is CC(CC(=O)N1CCN(C)c2nc3ccccc3nc21)c1ccccc1. The van der Waals surface area contributed by atoms with Gasteiger partial charge in [0, 0.05) is 26.6 Å². The molecule has 132 valence electrons. The summed E-state index contributed by atoms with van der Waals surface area (Å²) in [5, 5.41) is 0. The number of hydrogen-bond acceptors (Lipinski definition) is 4. The number of likely N-dealkylation sites (N-methyl/N-ethyl adjacent to an activating group) is 1. The van der Waals surface area contributed by atoms with Crippen molar-refractivity contribution in [1.29, 1.82) is 0 Å². The smallest absolute Gasteiger partial charge is 0.228 e. The van der Waals surface area contributed by atoms with Gasteiger partial charge in [-0.1, -0.05) is 49.4 Å². The molecule has 1 unspecified atom stereocenters. The quantitative estimate of drug-likeness (QED) is 0.727. The van der Waals surface area contributed by atoms with Gasteiger partial charge in [-0.25, -0.2) is 9.97 Å².